The molecule has 3 rings (SSSR count). The minimum absolute atomic E-state index is 0.0531. The zero-order valence-electron chi connectivity index (χ0n) is 11.0. The van der Waals surface area contributed by atoms with Crippen LogP contribution in [-0.2, 0) is 6.42 Å². The second-order valence-electron chi connectivity index (χ2n) is 5.04. The minimum atomic E-state index is -0.415. The number of nitro groups is 1. The smallest absolute Gasteiger partial charge is 0.283 e. The van der Waals surface area contributed by atoms with Gasteiger partial charge in [-0.1, -0.05) is 6.07 Å². The number of anilines is 1. The molecule has 1 atom stereocenters. The van der Waals surface area contributed by atoms with Gasteiger partial charge in [-0.25, -0.2) is 0 Å². The summed E-state index contributed by atoms with van der Waals surface area (Å²) in [6.45, 7) is 0. The highest BCUT2D eigenvalue weighted by atomic mass is 79.9. The van der Waals surface area contributed by atoms with E-state index in [0.29, 0.717) is 4.47 Å². The van der Waals surface area contributed by atoms with Crippen LogP contribution in [0.1, 0.15) is 23.6 Å². The molecule has 0 aromatic heterocycles. The number of aromatic hydroxyl groups is 1. The van der Waals surface area contributed by atoms with Gasteiger partial charge in [0.2, 0.25) is 0 Å². The first kappa shape index (κ1) is 13.9. The molecule has 108 valence electrons. The van der Waals surface area contributed by atoms with Gasteiger partial charge in [-0.15, -0.1) is 0 Å². The second kappa shape index (κ2) is 5.37. The van der Waals surface area contributed by atoms with Crippen LogP contribution < -0.4 is 5.32 Å². The van der Waals surface area contributed by atoms with Gasteiger partial charge >= 0.3 is 0 Å². The van der Waals surface area contributed by atoms with Gasteiger partial charge in [0.1, 0.15) is 5.75 Å². The lowest BCUT2D eigenvalue weighted by molar-refractivity contribution is -0.385. The van der Waals surface area contributed by atoms with Crippen LogP contribution >= 0.6 is 15.9 Å². The molecular weight excluding hydrogens is 336 g/mol. The molecule has 0 aliphatic heterocycles. The summed E-state index contributed by atoms with van der Waals surface area (Å²) >= 11 is 3.22. The van der Waals surface area contributed by atoms with Gasteiger partial charge in [-0.05, 0) is 64.2 Å². The molecule has 2 N–H and O–H groups in total. The molecular formula is C15H13BrN2O3. The van der Waals surface area contributed by atoms with Gasteiger partial charge < -0.3 is 10.4 Å². The fourth-order valence-electron chi connectivity index (χ4n) is 2.70. The summed E-state index contributed by atoms with van der Waals surface area (Å²) in [7, 11) is 0. The van der Waals surface area contributed by atoms with Gasteiger partial charge in [-0.2, -0.15) is 0 Å². The van der Waals surface area contributed by atoms with Crippen LogP contribution in [0, 0.1) is 10.1 Å². The Hall–Kier alpha value is -2.08. The standard InChI is InChI=1S/C15H13BrN2O3/c16-13-8-10(2-6-15(13)18(20)21)17-14-5-1-9-7-11(19)3-4-12(9)14/h2-4,6-8,14,17,19H,1,5H2. The van der Waals surface area contributed by atoms with Crippen molar-refractivity contribution in [2.24, 2.45) is 0 Å². The summed E-state index contributed by atoms with van der Waals surface area (Å²) in [6.07, 6.45) is 1.85. The third kappa shape index (κ3) is 2.71. The zero-order valence-corrected chi connectivity index (χ0v) is 12.6. The number of phenols is 1. The summed E-state index contributed by atoms with van der Waals surface area (Å²) < 4.78 is 0.460. The fourth-order valence-corrected chi connectivity index (χ4v) is 3.22. The summed E-state index contributed by atoms with van der Waals surface area (Å²) in [5, 5.41) is 23.7. The molecule has 1 aliphatic rings. The van der Waals surface area contributed by atoms with Gasteiger partial charge in [0, 0.05) is 11.8 Å². The van der Waals surface area contributed by atoms with E-state index in [0.717, 1.165) is 24.1 Å². The molecule has 0 spiro atoms. The van der Waals surface area contributed by atoms with E-state index in [4.69, 9.17) is 0 Å². The summed E-state index contributed by atoms with van der Waals surface area (Å²) in [6, 6.07) is 10.5. The minimum Gasteiger partial charge on any atom is -0.508 e. The number of hydrogen-bond donors (Lipinski definition) is 2. The lowest BCUT2D eigenvalue weighted by Gasteiger charge is -2.16. The van der Waals surface area contributed by atoms with E-state index in [1.165, 1.54) is 11.6 Å². The van der Waals surface area contributed by atoms with Gasteiger partial charge in [0.15, 0.2) is 0 Å². The van der Waals surface area contributed by atoms with Crippen LogP contribution in [0.3, 0.4) is 0 Å². The number of rotatable bonds is 3. The second-order valence-corrected chi connectivity index (χ2v) is 5.90. The van der Waals surface area contributed by atoms with Crippen LogP contribution in [0.2, 0.25) is 0 Å². The maximum Gasteiger partial charge on any atom is 0.283 e. The van der Waals surface area contributed by atoms with E-state index in [2.05, 4.69) is 21.2 Å². The summed E-state index contributed by atoms with van der Waals surface area (Å²) in [5.74, 6) is 0.285. The number of fused-ring (bicyclic) bond motifs is 1. The molecule has 0 heterocycles. The molecule has 2 aromatic rings. The van der Waals surface area contributed by atoms with Crippen molar-refractivity contribution in [3.63, 3.8) is 0 Å². The van der Waals surface area contributed by atoms with Crippen LogP contribution in [0.25, 0.3) is 0 Å². The molecule has 0 saturated heterocycles. The predicted molar refractivity (Wildman–Crippen MR) is 83.6 cm³/mol. The Balaban J connectivity index is 1.83. The molecule has 0 bridgehead atoms. The van der Waals surface area contributed by atoms with Crippen molar-refractivity contribution in [3.05, 3.63) is 62.1 Å². The molecule has 0 fully saturated rings. The Morgan fingerprint density at radius 2 is 2.10 bits per heavy atom. The third-order valence-electron chi connectivity index (χ3n) is 3.69. The Bertz CT molecular complexity index is 718. The van der Waals surface area contributed by atoms with Gasteiger partial charge in [0.05, 0.1) is 15.4 Å². The molecule has 6 heteroatoms. The van der Waals surface area contributed by atoms with E-state index in [-0.39, 0.29) is 17.5 Å². The van der Waals surface area contributed by atoms with Crippen molar-refractivity contribution in [1.82, 2.24) is 0 Å². The Kier molecular flexibility index (Phi) is 3.55. The highest BCUT2D eigenvalue weighted by Crippen LogP contribution is 2.37. The van der Waals surface area contributed by atoms with Crippen LogP contribution in [0.5, 0.6) is 5.75 Å². The number of nitrogens with zero attached hydrogens (tertiary/aromatic N) is 1. The SMILES string of the molecule is O=[N+]([O-])c1ccc(NC2CCc3cc(O)ccc32)cc1Br. The molecule has 0 saturated carbocycles. The highest BCUT2D eigenvalue weighted by Gasteiger charge is 2.23. The molecule has 0 radical (unpaired) electrons. The van der Waals surface area contributed by atoms with E-state index in [9.17, 15) is 15.2 Å². The first-order valence-electron chi connectivity index (χ1n) is 6.57. The summed E-state index contributed by atoms with van der Waals surface area (Å²) in [5.41, 5.74) is 3.20. The van der Waals surface area contributed by atoms with Crippen molar-refractivity contribution >= 4 is 27.3 Å². The number of hydrogen-bond acceptors (Lipinski definition) is 4. The Morgan fingerprint density at radius 1 is 1.29 bits per heavy atom. The van der Waals surface area contributed by atoms with E-state index < -0.39 is 4.92 Å². The van der Waals surface area contributed by atoms with Gasteiger partial charge in [-0.3, -0.25) is 10.1 Å². The number of benzene rings is 2. The van der Waals surface area contributed by atoms with E-state index in [1.807, 2.05) is 6.07 Å². The largest absolute Gasteiger partial charge is 0.508 e. The van der Waals surface area contributed by atoms with Crippen LogP contribution in [0.4, 0.5) is 11.4 Å². The van der Waals surface area contributed by atoms with Crippen molar-refractivity contribution in [3.8, 4) is 5.75 Å². The molecule has 5 nitrogen and oxygen atoms in total. The molecule has 1 aliphatic carbocycles. The number of halogens is 1. The maximum atomic E-state index is 10.8. The average Bonchev–Trinajstić information content (AvgIpc) is 2.80. The number of aryl methyl sites for hydroxylation is 1. The number of nitro benzene ring substituents is 1. The van der Waals surface area contributed by atoms with E-state index >= 15 is 0 Å². The van der Waals surface area contributed by atoms with Crippen molar-refractivity contribution in [1.29, 1.82) is 0 Å². The lowest BCUT2D eigenvalue weighted by atomic mass is 10.1. The maximum absolute atomic E-state index is 10.8. The Morgan fingerprint density at radius 3 is 2.81 bits per heavy atom. The summed E-state index contributed by atoms with van der Waals surface area (Å²) in [4.78, 5) is 10.4. The predicted octanol–water partition coefficient (Wildman–Crippen LogP) is 4.16. The van der Waals surface area contributed by atoms with Gasteiger partial charge in [0.25, 0.3) is 5.69 Å². The molecule has 1 unspecified atom stereocenters. The van der Waals surface area contributed by atoms with E-state index in [1.54, 1.807) is 24.3 Å². The van der Waals surface area contributed by atoms with Crippen LogP contribution in [-0.4, -0.2) is 10.0 Å². The first-order chi connectivity index (χ1) is 10.0. The van der Waals surface area contributed by atoms with Crippen molar-refractivity contribution in [2.45, 2.75) is 18.9 Å². The quantitative estimate of drug-likeness (QED) is 0.644. The third-order valence-corrected chi connectivity index (χ3v) is 4.32. The molecule has 21 heavy (non-hydrogen) atoms. The first-order valence-corrected chi connectivity index (χ1v) is 7.36. The number of phenolic OH excluding ortho intramolecular Hbond substituents is 1. The zero-order chi connectivity index (χ0) is 15.0. The highest BCUT2D eigenvalue weighted by molar-refractivity contribution is 9.10. The monoisotopic (exact) mass is 348 g/mol. The molecule has 2 aromatic carbocycles. The normalized spacial score (nSPS) is 16.5. The van der Waals surface area contributed by atoms with Crippen molar-refractivity contribution < 1.29 is 10.0 Å². The lowest BCUT2D eigenvalue weighted by Crippen LogP contribution is -2.07. The topological polar surface area (TPSA) is 75.4 Å². The Labute approximate surface area is 129 Å². The number of nitrogens with one attached hydrogen (secondary N) is 1. The molecule has 0 amide bonds. The van der Waals surface area contributed by atoms with Crippen molar-refractivity contribution in [2.75, 3.05) is 5.32 Å². The average molecular weight is 349 g/mol. The fraction of sp³-hybridized carbons (Fsp3) is 0.200. The van der Waals surface area contributed by atoms with Crippen LogP contribution in [0.15, 0.2) is 40.9 Å².